The van der Waals surface area contributed by atoms with Crippen LogP contribution < -0.4 is 0 Å². The highest BCUT2D eigenvalue weighted by Crippen LogP contribution is 2.29. The van der Waals surface area contributed by atoms with Crippen LogP contribution in [-0.4, -0.2) is 19.5 Å². The number of hydrogen-bond donors (Lipinski definition) is 0. The van der Waals surface area contributed by atoms with E-state index in [4.69, 9.17) is 4.74 Å². The van der Waals surface area contributed by atoms with Gasteiger partial charge in [0, 0.05) is 13.2 Å². The Kier molecular flexibility index (Phi) is 2.76. The number of hydrogen-bond acceptors (Lipinski definition) is 3. The Labute approximate surface area is 81.5 Å². The van der Waals surface area contributed by atoms with E-state index in [1.54, 1.807) is 0 Å². The van der Waals surface area contributed by atoms with Crippen molar-refractivity contribution in [3.05, 3.63) is 21.9 Å². The van der Waals surface area contributed by atoms with Crippen LogP contribution in [0.15, 0.2) is 11.4 Å². The van der Waals surface area contributed by atoms with E-state index in [0.717, 1.165) is 37.2 Å². The highest BCUT2D eigenvalue weighted by molar-refractivity contribution is 7.11. The fourth-order valence-electron chi connectivity index (χ4n) is 1.68. The molecule has 1 aromatic heterocycles. The Bertz CT molecular complexity index is 287. The second-order valence-corrected chi connectivity index (χ2v) is 4.23. The minimum absolute atomic E-state index is 0.610. The van der Waals surface area contributed by atoms with Gasteiger partial charge in [-0.2, -0.15) is 0 Å². The van der Waals surface area contributed by atoms with E-state index >= 15 is 0 Å². The molecule has 70 valence electrons. The fourth-order valence-corrected chi connectivity index (χ4v) is 2.47. The van der Waals surface area contributed by atoms with Gasteiger partial charge < -0.3 is 4.74 Å². The van der Waals surface area contributed by atoms with Gasteiger partial charge in [-0.05, 0) is 35.8 Å². The lowest BCUT2D eigenvalue weighted by atomic mass is 9.94. The van der Waals surface area contributed by atoms with E-state index in [2.05, 4.69) is 5.38 Å². The smallest absolute Gasteiger partial charge is 0.160 e. The average Bonchev–Trinajstić information content (AvgIpc) is 2.67. The summed E-state index contributed by atoms with van der Waals surface area (Å²) in [6.07, 6.45) is 3.11. The van der Waals surface area contributed by atoms with Gasteiger partial charge in [-0.25, -0.2) is 0 Å². The molecule has 0 amide bonds. The molecule has 0 aromatic carbocycles. The molecule has 0 aliphatic carbocycles. The molecule has 2 heterocycles. The van der Waals surface area contributed by atoms with Crippen LogP contribution in [0.4, 0.5) is 0 Å². The average molecular weight is 196 g/mol. The topological polar surface area (TPSA) is 26.3 Å². The molecule has 0 unspecified atom stereocenters. The van der Waals surface area contributed by atoms with E-state index in [1.165, 1.54) is 16.9 Å². The summed E-state index contributed by atoms with van der Waals surface area (Å²) in [5, 5.41) is 2.10. The van der Waals surface area contributed by atoms with E-state index in [9.17, 15) is 4.79 Å². The molecule has 0 atom stereocenters. The molecule has 2 nitrogen and oxygen atoms in total. The van der Waals surface area contributed by atoms with Crippen molar-refractivity contribution in [2.24, 2.45) is 0 Å². The van der Waals surface area contributed by atoms with Gasteiger partial charge in [-0.3, -0.25) is 4.79 Å². The minimum Gasteiger partial charge on any atom is -0.381 e. The van der Waals surface area contributed by atoms with Crippen molar-refractivity contribution in [3.63, 3.8) is 0 Å². The van der Waals surface area contributed by atoms with Gasteiger partial charge in [0.25, 0.3) is 0 Å². The lowest BCUT2D eigenvalue weighted by Crippen LogP contribution is -2.13. The third-order valence-corrected chi connectivity index (χ3v) is 3.33. The van der Waals surface area contributed by atoms with Crippen molar-refractivity contribution in [2.45, 2.75) is 18.8 Å². The largest absolute Gasteiger partial charge is 0.381 e. The Morgan fingerprint density at radius 1 is 1.46 bits per heavy atom. The summed E-state index contributed by atoms with van der Waals surface area (Å²) >= 11 is 1.53. The Morgan fingerprint density at radius 2 is 2.23 bits per heavy atom. The van der Waals surface area contributed by atoms with Gasteiger partial charge in [0.15, 0.2) is 6.29 Å². The molecule has 13 heavy (non-hydrogen) atoms. The van der Waals surface area contributed by atoms with Crippen molar-refractivity contribution in [2.75, 3.05) is 13.2 Å². The van der Waals surface area contributed by atoms with E-state index in [-0.39, 0.29) is 0 Å². The van der Waals surface area contributed by atoms with E-state index < -0.39 is 0 Å². The van der Waals surface area contributed by atoms with Gasteiger partial charge in [0.1, 0.15) is 0 Å². The van der Waals surface area contributed by atoms with Crippen molar-refractivity contribution in [1.82, 2.24) is 0 Å². The van der Waals surface area contributed by atoms with Gasteiger partial charge in [0.2, 0.25) is 0 Å². The van der Waals surface area contributed by atoms with E-state index in [0.29, 0.717) is 5.92 Å². The molecular weight excluding hydrogens is 184 g/mol. The van der Waals surface area contributed by atoms with Crippen molar-refractivity contribution in [3.8, 4) is 0 Å². The second kappa shape index (κ2) is 4.03. The molecule has 1 aromatic rings. The van der Waals surface area contributed by atoms with Crippen LogP contribution in [0, 0.1) is 0 Å². The predicted molar refractivity (Wildman–Crippen MR) is 52.5 cm³/mol. The first kappa shape index (κ1) is 8.91. The minimum atomic E-state index is 0.610. The van der Waals surface area contributed by atoms with Crippen LogP contribution in [0.1, 0.15) is 34.0 Å². The molecule has 0 bridgehead atoms. The van der Waals surface area contributed by atoms with Crippen molar-refractivity contribution < 1.29 is 9.53 Å². The van der Waals surface area contributed by atoms with E-state index in [1.807, 2.05) is 6.07 Å². The molecule has 3 heteroatoms. The molecule has 2 rings (SSSR count). The molecule has 0 N–H and O–H groups in total. The lowest BCUT2D eigenvalue weighted by molar-refractivity contribution is 0.0854. The molecule has 0 spiro atoms. The molecule has 0 saturated carbocycles. The summed E-state index contributed by atoms with van der Waals surface area (Å²) in [7, 11) is 0. The monoisotopic (exact) mass is 196 g/mol. The van der Waals surface area contributed by atoms with Gasteiger partial charge >= 0.3 is 0 Å². The fraction of sp³-hybridized carbons (Fsp3) is 0.500. The number of rotatable bonds is 2. The zero-order valence-corrected chi connectivity index (χ0v) is 8.18. The first-order chi connectivity index (χ1) is 6.40. The number of carbonyl (C=O) groups excluding carboxylic acids is 1. The first-order valence-corrected chi connectivity index (χ1v) is 5.39. The molecule has 1 saturated heterocycles. The van der Waals surface area contributed by atoms with Crippen LogP contribution in [0.3, 0.4) is 0 Å². The molecule has 1 aliphatic rings. The maximum absolute atomic E-state index is 10.5. The number of thiophene rings is 1. The van der Waals surface area contributed by atoms with Crippen molar-refractivity contribution >= 4 is 17.6 Å². The number of ether oxygens (including phenoxy) is 1. The molecular formula is C10H12O2S. The summed E-state index contributed by atoms with van der Waals surface area (Å²) in [5.74, 6) is 0.610. The molecule has 0 radical (unpaired) electrons. The zero-order chi connectivity index (χ0) is 9.10. The molecule has 1 fully saturated rings. The van der Waals surface area contributed by atoms with Gasteiger partial charge in [0.05, 0.1) is 4.88 Å². The van der Waals surface area contributed by atoms with Gasteiger partial charge in [-0.1, -0.05) is 0 Å². The highest BCUT2D eigenvalue weighted by atomic mass is 32.1. The lowest BCUT2D eigenvalue weighted by Gasteiger charge is -2.20. The summed E-state index contributed by atoms with van der Waals surface area (Å²) in [6, 6.07) is 2.01. The summed E-state index contributed by atoms with van der Waals surface area (Å²) in [5.41, 5.74) is 1.32. The van der Waals surface area contributed by atoms with Crippen LogP contribution in [-0.2, 0) is 4.74 Å². The number of aldehydes is 1. The van der Waals surface area contributed by atoms with Crippen molar-refractivity contribution in [1.29, 1.82) is 0 Å². The Balaban J connectivity index is 2.09. The van der Waals surface area contributed by atoms with Gasteiger partial charge in [-0.15, -0.1) is 11.3 Å². The maximum atomic E-state index is 10.5. The van der Waals surface area contributed by atoms with Crippen LogP contribution in [0.5, 0.6) is 0 Å². The number of carbonyl (C=O) groups is 1. The summed E-state index contributed by atoms with van der Waals surface area (Å²) < 4.78 is 5.29. The zero-order valence-electron chi connectivity index (χ0n) is 7.36. The Hall–Kier alpha value is -0.670. The SMILES string of the molecule is O=Cc1cc(C2CCOCC2)cs1. The second-order valence-electron chi connectivity index (χ2n) is 3.29. The highest BCUT2D eigenvalue weighted by Gasteiger charge is 2.16. The normalized spacial score (nSPS) is 18.8. The standard InChI is InChI=1S/C10H12O2S/c11-6-10-5-9(7-13-10)8-1-3-12-4-2-8/h5-8H,1-4H2. The Morgan fingerprint density at radius 3 is 2.85 bits per heavy atom. The van der Waals surface area contributed by atoms with Crippen LogP contribution in [0.25, 0.3) is 0 Å². The summed E-state index contributed by atoms with van der Waals surface area (Å²) in [6.45, 7) is 1.72. The van der Waals surface area contributed by atoms with Crippen LogP contribution in [0.2, 0.25) is 0 Å². The first-order valence-electron chi connectivity index (χ1n) is 4.51. The predicted octanol–water partition coefficient (Wildman–Crippen LogP) is 2.45. The molecule has 1 aliphatic heterocycles. The maximum Gasteiger partial charge on any atom is 0.160 e. The third kappa shape index (κ3) is 1.98. The quantitative estimate of drug-likeness (QED) is 0.679. The van der Waals surface area contributed by atoms with Crippen LogP contribution >= 0.6 is 11.3 Å². The summed E-state index contributed by atoms with van der Waals surface area (Å²) in [4.78, 5) is 11.3. The third-order valence-electron chi connectivity index (χ3n) is 2.45.